The zero-order chi connectivity index (χ0) is 6.85. The second-order valence-corrected chi connectivity index (χ2v) is 2.73. The number of hydrogen-bond donors (Lipinski definition) is 0. The summed E-state index contributed by atoms with van der Waals surface area (Å²) in [6.07, 6.45) is 0.606. The topological polar surface area (TPSA) is 26.3 Å². The summed E-state index contributed by atoms with van der Waals surface area (Å²) in [6.45, 7) is 2.64. The van der Waals surface area contributed by atoms with Gasteiger partial charge in [0.05, 0.1) is 0 Å². The molecule has 0 aromatic heterocycles. The van der Waals surface area contributed by atoms with Crippen LogP contribution in [0, 0.1) is 5.92 Å². The van der Waals surface area contributed by atoms with E-state index in [4.69, 9.17) is 16.3 Å². The summed E-state index contributed by atoms with van der Waals surface area (Å²) in [5.74, 6) is 0.301. The summed E-state index contributed by atoms with van der Waals surface area (Å²) < 4.78 is 5.05. The molecule has 2 nitrogen and oxygen atoms in total. The summed E-state index contributed by atoms with van der Waals surface area (Å²) in [5, 5.41) is -0.361. The molecule has 1 rings (SSSR count). The molecule has 1 aliphatic heterocycles. The first-order chi connectivity index (χ1) is 4.22. The van der Waals surface area contributed by atoms with Crippen LogP contribution in [0.15, 0.2) is 0 Å². The van der Waals surface area contributed by atoms with Crippen LogP contribution in [-0.4, -0.2) is 18.0 Å². The van der Waals surface area contributed by atoms with Gasteiger partial charge in [-0.3, -0.25) is 4.79 Å². The second-order valence-electron chi connectivity index (χ2n) is 2.36. The van der Waals surface area contributed by atoms with Crippen LogP contribution in [0.4, 0.5) is 0 Å². The molecule has 0 saturated carbocycles. The van der Waals surface area contributed by atoms with Crippen molar-refractivity contribution in [3.63, 3.8) is 0 Å². The largest absolute Gasteiger partial charge is 0.369 e. The van der Waals surface area contributed by atoms with Crippen molar-refractivity contribution in [3.8, 4) is 0 Å². The minimum Gasteiger partial charge on any atom is -0.369 e. The number of carbonyl (C=O) groups is 1. The van der Waals surface area contributed by atoms with Crippen molar-refractivity contribution in [1.29, 1.82) is 0 Å². The molecular formula is C6H9ClO2. The Bertz CT molecular complexity index is 124. The van der Waals surface area contributed by atoms with Gasteiger partial charge < -0.3 is 4.74 Å². The minimum absolute atomic E-state index is 0.301. The van der Waals surface area contributed by atoms with Gasteiger partial charge in [-0.2, -0.15) is 0 Å². The average Bonchev–Trinajstić information content (AvgIpc) is 2.13. The van der Waals surface area contributed by atoms with E-state index in [9.17, 15) is 4.79 Å². The van der Waals surface area contributed by atoms with Crippen LogP contribution < -0.4 is 0 Å². The predicted molar refractivity (Wildman–Crippen MR) is 34.4 cm³/mol. The molecule has 1 aliphatic rings. The molecule has 3 heteroatoms. The Labute approximate surface area is 59.1 Å². The fraction of sp³-hybridized carbons (Fsp3) is 0.833. The molecule has 0 N–H and O–H groups in total. The molecule has 1 heterocycles. The van der Waals surface area contributed by atoms with Crippen molar-refractivity contribution in [2.45, 2.75) is 19.4 Å². The fourth-order valence-corrected chi connectivity index (χ4v) is 1.26. The highest BCUT2D eigenvalue weighted by atomic mass is 35.5. The van der Waals surface area contributed by atoms with Crippen molar-refractivity contribution in [2.75, 3.05) is 6.61 Å². The zero-order valence-electron chi connectivity index (χ0n) is 5.26. The molecule has 0 bridgehead atoms. The van der Waals surface area contributed by atoms with Crippen molar-refractivity contribution in [3.05, 3.63) is 0 Å². The van der Waals surface area contributed by atoms with Gasteiger partial charge in [0.25, 0.3) is 5.24 Å². The van der Waals surface area contributed by atoms with Crippen LogP contribution in [0.2, 0.25) is 0 Å². The smallest absolute Gasteiger partial charge is 0.250 e. The Kier molecular flexibility index (Phi) is 2.09. The maximum atomic E-state index is 10.5. The van der Waals surface area contributed by atoms with E-state index in [1.807, 2.05) is 6.92 Å². The highest BCUT2D eigenvalue weighted by Crippen LogP contribution is 2.21. The molecule has 0 radical (unpaired) electrons. The summed E-state index contributed by atoms with van der Waals surface area (Å²) in [4.78, 5) is 10.5. The van der Waals surface area contributed by atoms with Crippen molar-refractivity contribution in [1.82, 2.24) is 0 Å². The molecule has 1 saturated heterocycles. The second kappa shape index (κ2) is 2.67. The van der Waals surface area contributed by atoms with Crippen LogP contribution in [0.1, 0.15) is 13.3 Å². The van der Waals surface area contributed by atoms with Crippen molar-refractivity contribution < 1.29 is 9.53 Å². The van der Waals surface area contributed by atoms with E-state index >= 15 is 0 Å². The quantitative estimate of drug-likeness (QED) is 0.522. The Morgan fingerprint density at radius 2 is 2.44 bits per heavy atom. The van der Waals surface area contributed by atoms with Gasteiger partial charge in [-0.25, -0.2) is 0 Å². The minimum atomic E-state index is -0.361. The van der Waals surface area contributed by atoms with Crippen LogP contribution in [0.5, 0.6) is 0 Å². The highest BCUT2D eigenvalue weighted by Gasteiger charge is 2.29. The van der Waals surface area contributed by atoms with Gasteiger partial charge in [-0.15, -0.1) is 0 Å². The molecule has 52 valence electrons. The van der Waals surface area contributed by atoms with Gasteiger partial charge in [0.2, 0.25) is 0 Å². The lowest BCUT2D eigenvalue weighted by Crippen LogP contribution is -2.20. The number of ether oxygens (including phenoxy) is 1. The number of carbonyl (C=O) groups excluding carboxylic acids is 1. The van der Waals surface area contributed by atoms with E-state index in [0.29, 0.717) is 12.5 Å². The molecule has 0 aliphatic carbocycles. The van der Waals surface area contributed by atoms with Crippen LogP contribution in [-0.2, 0) is 9.53 Å². The van der Waals surface area contributed by atoms with E-state index in [1.54, 1.807) is 0 Å². The predicted octanol–water partition coefficient (Wildman–Crippen LogP) is 1.18. The molecule has 2 unspecified atom stereocenters. The molecule has 0 amide bonds. The third kappa shape index (κ3) is 1.43. The van der Waals surface area contributed by atoms with E-state index in [1.165, 1.54) is 0 Å². The van der Waals surface area contributed by atoms with E-state index < -0.39 is 0 Å². The Morgan fingerprint density at radius 1 is 1.78 bits per heavy atom. The number of rotatable bonds is 1. The monoisotopic (exact) mass is 148 g/mol. The number of hydrogen-bond acceptors (Lipinski definition) is 2. The van der Waals surface area contributed by atoms with Gasteiger partial charge in [-0.05, 0) is 23.9 Å². The van der Waals surface area contributed by atoms with E-state index in [2.05, 4.69) is 0 Å². The fourth-order valence-electron chi connectivity index (χ4n) is 0.986. The van der Waals surface area contributed by atoms with Gasteiger partial charge in [0.1, 0.15) is 6.10 Å². The molecule has 0 aromatic carbocycles. The third-order valence-electron chi connectivity index (χ3n) is 1.61. The lowest BCUT2D eigenvalue weighted by atomic mass is 10.1. The first kappa shape index (κ1) is 7.03. The normalized spacial score (nSPS) is 34.9. The average molecular weight is 149 g/mol. The Balaban J connectivity index is 2.49. The maximum Gasteiger partial charge on any atom is 0.250 e. The van der Waals surface area contributed by atoms with E-state index in [-0.39, 0.29) is 11.3 Å². The molecular weight excluding hydrogens is 140 g/mol. The van der Waals surface area contributed by atoms with Crippen LogP contribution in [0.25, 0.3) is 0 Å². The molecule has 0 aromatic rings. The summed E-state index contributed by atoms with van der Waals surface area (Å²) >= 11 is 5.22. The molecule has 1 fully saturated rings. The first-order valence-electron chi connectivity index (χ1n) is 3.03. The molecule has 9 heavy (non-hydrogen) atoms. The van der Waals surface area contributed by atoms with Crippen molar-refractivity contribution in [2.24, 2.45) is 5.92 Å². The summed E-state index contributed by atoms with van der Waals surface area (Å²) in [7, 11) is 0. The van der Waals surface area contributed by atoms with Gasteiger partial charge in [0.15, 0.2) is 0 Å². The van der Waals surface area contributed by atoms with Crippen molar-refractivity contribution >= 4 is 16.8 Å². The zero-order valence-corrected chi connectivity index (χ0v) is 6.02. The number of halogens is 1. The van der Waals surface area contributed by atoms with Crippen LogP contribution in [0.3, 0.4) is 0 Å². The summed E-state index contributed by atoms with van der Waals surface area (Å²) in [5.41, 5.74) is 0. The Morgan fingerprint density at radius 3 is 2.67 bits per heavy atom. The van der Waals surface area contributed by atoms with E-state index in [0.717, 1.165) is 6.42 Å². The highest BCUT2D eigenvalue weighted by molar-refractivity contribution is 6.64. The standard InChI is InChI=1S/C6H9ClO2/c1-4-2-3-9-5(4)6(7)8/h4-5H,2-3H2,1H3. The Hall–Kier alpha value is -0.0800. The van der Waals surface area contributed by atoms with Gasteiger partial charge in [0, 0.05) is 6.61 Å². The van der Waals surface area contributed by atoms with Gasteiger partial charge in [-0.1, -0.05) is 6.92 Å². The lowest BCUT2D eigenvalue weighted by Gasteiger charge is -2.06. The third-order valence-corrected chi connectivity index (χ3v) is 1.83. The SMILES string of the molecule is CC1CCOC1C(=O)Cl. The summed E-state index contributed by atoms with van der Waals surface area (Å²) in [6, 6.07) is 0. The molecule has 0 spiro atoms. The van der Waals surface area contributed by atoms with Gasteiger partial charge >= 0.3 is 0 Å². The first-order valence-corrected chi connectivity index (χ1v) is 3.40. The molecule has 2 atom stereocenters. The maximum absolute atomic E-state index is 10.5. The lowest BCUT2D eigenvalue weighted by molar-refractivity contribution is -0.121. The van der Waals surface area contributed by atoms with Crippen LogP contribution >= 0.6 is 11.6 Å².